The Morgan fingerprint density at radius 3 is 2.55 bits per heavy atom. The van der Waals surface area contributed by atoms with Crippen LogP contribution in [0.4, 0.5) is 15.8 Å². The van der Waals surface area contributed by atoms with Crippen molar-refractivity contribution in [3.63, 3.8) is 0 Å². The second kappa shape index (κ2) is 5.66. The Morgan fingerprint density at radius 2 is 1.95 bits per heavy atom. The number of amides is 1. The van der Waals surface area contributed by atoms with E-state index in [9.17, 15) is 9.18 Å². The van der Waals surface area contributed by atoms with E-state index >= 15 is 0 Å². The van der Waals surface area contributed by atoms with Crippen molar-refractivity contribution in [2.45, 2.75) is 58.5 Å². The molecule has 0 spiro atoms. The summed E-state index contributed by atoms with van der Waals surface area (Å²) < 4.78 is 20.7. The van der Waals surface area contributed by atoms with Crippen molar-refractivity contribution in [3.05, 3.63) is 23.5 Å². The Balaban J connectivity index is 2.21. The van der Waals surface area contributed by atoms with Gasteiger partial charge in [0.15, 0.2) is 14.1 Å². The van der Waals surface area contributed by atoms with E-state index in [1.165, 1.54) is 0 Å². The van der Waals surface area contributed by atoms with Crippen LogP contribution < -0.4 is 10.6 Å². The third kappa shape index (κ3) is 3.17. The Labute approximate surface area is 132 Å². The molecule has 6 heteroatoms. The highest BCUT2D eigenvalue weighted by atomic mass is 28.4. The van der Waals surface area contributed by atoms with Gasteiger partial charge in [-0.2, -0.15) is 0 Å². The maximum Gasteiger partial charge on any atom is 0.246 e. The van der Waals surface area contributed by atoms with Crippen LogP contribution in [-0.2, 0) is 15.8 Å². The summed E-state index contributed by atoms with van der Waals surface area (Å²) in [5, 5.41) is 5.69. The quantitative estimate of drug-likeness (QED) is 0.823. The maximum absolute atomic E-state index is 14.6. The second-order valence-corrected chi connectivity index (χ2v) is 12.2. The molecule has 1 atom stereocenters. The van der Waals surface area contributed by atoms with Crippen LogP contribution in [0.3, 0.4) is 0 Å². The number of carbonyl (C=O) groups is 1. The first kappa shape index (κ1) is 17.0. The average Bonchev–Trinajstić information content (AvgIpc) is 2.39. The van der Waals surface area contributed by atoms with Crippen molar-refractivity contribution < 1.29 is 13.6 Å². The van der Waals surface area contributed by atoms with Gasteiger partial charge in [-0.15, -0.1) is 0 Å². The zero-order valence-corrected chi connectivity index (χ0v) is 15.1. The first-order chi connectivity index (χ1) is 10.0. The SMILES string of the molecule is CC1Nc2ccc(CO[Si](C)(C)C(C)(C)C)c(F)c2NC1=O. The summed E-state index contributed by atoms with van der Waals surface area (Å²) in [6, 6.07) is 3.15. The molecule has 1 aromatic rings. The Morgan fingerprint density at radius 1 is 1.32 bits per heavy atom. The van der Waals surface area contributed by atoms with Crippen LogP contribution in [0.1, 0.15) is 33.3 Å². The molecule has 0 aromatic heterocycles. The minimum absolute atomic E-state index is 0.0723. The zero-order chi connectivity index (χ0) is 16.7. The zero-order valence-electron chi connectivity index (χ0n) is 14.1. The van der Waals surface area contributed by atoms with Gasteiger partial charge in [0, 0.05) is 5.56 Å². The predicted octanol–water partition coefficient (Wildman–Crippen LogP) is 4.10. The molecule has 22 heavy (non-hydrogen) atoms. The molecule has 0 radical (unpaired) electrons. The molecule has 1 aliphatic heterocycles. The van der Waals surface area contributed by atoms with Crippen molar-refractivity contribution in [1.82, 2.24) is 0 Å². The number of hydrogen-bond acceptors (Lipinski definition) is 3. The molecule has 1 unspecified atom stereocenters. The highest BCUT2D eigenvalue weighted by Gasteiger charge is 2.37. The summed E-state index contributed by atoms with van der Waals surface area (Å²) in [6.07, 6.45) is 0. The van der Waals surface area contributed by atoms with E-state index in [2.05, 4.69) is 44.5 Å². The summed E-state index contributed by atoms with van der Waals surface area (Å²) in [5.41, 5.74) is 1.31. The molecule has 1 aromatic carbocycles. The summed E-state index contributed by atoms with van der Waals surface area (Å²) in [6.45, 7) is 12.7. The van der Waals surface area contributed by atoms with E-state index in [1.54, 1.807) is 19.1 Å². The number of hydrogen-bond donors (Lipinski definition) is 2. The lowest BCUT2D eigenvalue weighted by atomic mass is 10.1. The molecule has 2 rings (SSSR count). The van der Waals surface area contributed by atoms with E-state index in [0.717, 1.165) is 0 Å². The van der Waals surface area contributed by atoms with Gasteiger partial charge < -0.3 is 15.1 Å². The number of nitrogens with one attached hydrogen (secondary N) is 2. The summed E-state index contributed by atoms with van der Waals surface area (Å²) in [4.78, 5) is 11.7. The van der Waals surface area contributed by atoms with Crippen molar-refractivity contribution in [2.24, 2.45) is 0 Å². The van der Waals surface area contributed by atoms with Gasteiger partial charge in [0.2, 0.25) is 5.91 Å². The molecule has 0 saturated heterocycles. The number of carbonyl (C=O) groups excluding carboxylic acids is 1. The molecule has 1 amide bonds. The molecule has 0 saturated carbocycles. The predicted molar refractivity (Wildman–Crippen MR) is 90.1 cm³/mol. The van der Waals surface area contributed by atoms with Gasteiger partial charge in [0.25, 0.3) is 0 Å². The molecule has 1 aliphatic rings. The van der Waals surface area contributed by atoms with E-state index in [1.807, 2.05) is 0 Å². The van der Waals surface area contributed by atoms with Gasteiger partial charge in [0.1, 0.15) is 11.7 Å². The fourth-order valence-electron chi connectivity index (χ4n) is 1.98. The molecular formula is C16H25FN2O2Si. The molecule has 2 N–H and O–H groups in total. The molecule has 0 bridgehead atoms. The normalized spacial score (nSPS) is 18.5. The van der Waals surface area contributed by atoms with Gasteiger partial charge in [0.05, 0.1) is 12.3 Å². The van der Waals surface area contributed by atoms with Crippen molar-refractivity contribution in [1.29, 1.82) is 0 Å². The fourth-order valence-corrected chi connectivity index (χ4v) is 2.93. The minimum atomic E-state index is -1.94. The highest BCUT2D eigenvalue weighted by Crippen LogP contribution is 2.38. The number of anilines is 2. The van der Waals surface area contributed by atoms with Crippen LogP contribution in [0.5, 0.6) is 0 Å². The smallest absolute Gasteiger partial charge is 0.246 e. The third-order valence-corrected chi connectivity index (χ3v) is 9.11. The lowest BCUT2D eigenvalue weighted by molar-refractivity contribution is -0.116. The Bertz CT molecular complexity index is 597. The molecular weight excluding hydrogens is 299 g/mol. The van der Waals surface area contributed by atoms with E-state index in [4.69, 9.17) is 4.43 Å². The molecule has 122 valence electrons. The van der Waals surface area contributed by atoms with E-state index in [-0.39, 0.29) is 29.3 Å². The van der Waals surface area contributed by atoms with Crippen LogP contribution in [0, 0.1) is 5.82 Å². The first-order valence-corrected chi connectivity index (χ1v) is 10.5. The van der Waals surface area contributed by atoms with Gasteiger partial charge in [-0.3, -0.25) is 4.79 Å². The second-order valence-electron chi connectivity index (χ2n) is 7.37. The lowest BCUT2D eigenvalue weighted by Gasteiger charge is -2.36. The average molecular weight is 324 g/mol. The topological polar surface area (TPSA) is 50.4 Å². The van der Waals surface area contributed by atoms with Crippen LogP contribution >= 0.6 is 0 Å². The minimum Gasteiger partial charge on any atom is -0.412 e. The third-order valence-electron chi connectivity index (χ3n) is 4.63. The van der Waals surface area contributed by atoms with Crippen LogP contribution in [0.15, 0.2) is 12.1 Å². The summed E-state index contributed by atoms with van der Waals surface area (Å²) >= 11 is 0. The number of rotatable bonds is 3. The number of halogens is 1. The van der Waals surface area contributed by atoms with Gasteiger partial charge in [-0.25, -0.2) is 4.39 Å². The molecule has 1 heterocycles. The fraction of sp³-hybridized carbons (Fsp3) is 0.562. The first-order valence-electron chi connectivity index (χ1n) is 7.55. The standard InChI is InChI=1S/C16H25FN2O2Si/c1-10-15(20)19-14-12(18-10)8-7-11(13(14)17)9-21-22(5,6)16(2,3)4/h7-8,10,18H,9H2,1-6H3,(H,19,20). The summed E-state index contributed by atoms with van der Waals surface area (Å²) in [5.74, 6) is -0.641. The molecule has 0 aliphatic carbocycles. The number of benzene rings is 1. The van der Waals surface area contributed by atoms with Crippen molar-refractivity contribution in [3.8, 4) is 0 Å². The largest absolute Gasteiger partial charge is 0.412 e. The number of fused-ring (bicyclic) bond motifs is 1. The van der Waals surface area contributed by atoms with Crippen molar-refractivity contribution in [2.75, 3.05) is 10.6 Å². The lowest BCUT2D eigenvalue weighted by Crippen LogP contribution is -2.40. The van der Waals surface area contributed by atoms with Crippen LogP contribution in [0.25, 0.3) is 0 Å². The van der Waals surface area contributed by atoms with Crippen LogP contribution in [-0.4, -0.2) is 20.3 Å². The van der Waals surface area contributed by atoms with Gasteiger partial charge >= 0.3 is 0 Å². The van der Waals surface area contributed by atoms with Gasteiger partial charge in [-0.05, 0) is 31.1 Å². The Kier molecular flexibility index (Phi) is 4.36. The van der Waals surface area contributed by atoms with E-state index < -0.39 is 14.1 Å². The molecule has 4 nitrogen and oxygen atoms in total. The van der Waals surface area contributed by atoms with Gasteiger partial charge in [-0.1, -0.05) is 26.8 Å². The van der Waals surface area contributed by atoms with Crippen molar-refractivity contribution >= 4 is 25.6 Å². The van der Waals surface area contributed by atoms with Crippen LogP contribution in [0.2, 0.25) is 18.1 Å². The Hall–Kier alpha value is -1.40. The maximum atomic E-state index is 14.6. The monoisotopic (exact) mass is 324 g/mol. The highest BCUT2D eigenvalue weighted by molar-refractivity contribution is 6.74. The van der Waals surface area contributed by atoms with E-state index in [0.29, 0.717) is 11.3 Å². The summed E-state index contributed by atoms with van der Waals surface area (Å²) in [7, 11) is -1.94. The molecule has 0 fully saturated rings.